The fraction of sp³-hybridized carbons (Fsp3) is 0.281. The van der Waals surface area contributed by atoms with E-state index in [9.17, 15) is 14.0 Å². The molecular weight excluding hydrogens is 519 g/mol. The van der Waals surface area contributed by atoms with Crippen LogP contribution in [0.2, 0.25) is 0 Å². The van der Waals surface area contributed by atoms with Crippen molar-refractivity contribution in [3.63, 3.8) is 0 Å². The number of hydrogen-bond acceptors (Lipinski definition) is 6. The Labute approximate surface area is 237 Å². The summed E-state index contributed by atoms with van der Waals surface area (Å²) in [4.78, 5) is 33.1. The van der Waals surface area contributed by atoms with Crippen LogP contribution in [0.1, 0.15) is 47.4 Å². The summed E-state index contributed by atoms with van der Waals surface area (Å²) >= 11 is 0. The second kappa shape index (κ2) is 11.5. The van der Waals surface area contributed by atoms with E-state index in [4.69, 9.17) is 10.7 Å². The van der Waals surface area contributed by atoms with Crippen molar-refractivity contribution in [2.75, 3.05) is 42.5 Å². The Morgan fingerprint density at radius 2 is 1.80 bits per heavy atom. The number of nitrogen functional groups attached to an aromatic ring is 1. The average molecular weight is 553 g/mol. The van der Waals surface area contributed by atoms with Gasteiger partial charge in [-0.1, -0.05) is 24.3 Å². The first-order valence-electron chi connectivity index (χ1n) is 14.1. The van der Waals surface area contributed by atoms with E-state index in [1.54, 1.807) is 34.9 Å². The van der Waals surface area contributed by atoms with Crippen LogP contribution in [0.3, 0.4) is 0 Å². The number of nitrogens with zero attached hydrogens (tertiary/aromatic N) is 3. The molecule has 0 unspecified atom stereocenters. The summed E-state index contributed by atoms with van der Waals surface area (Å²) in [5, 5.41) is 6.31. The molecule has 4 aromatic rings. The van der Waals surface area contributed by atoms with E-state index in [0.717, 1.165) is 37.2 Å². The Morgan fingerprint density at radius 3 is 2.59 bits per heavy atom. The lowest BCUT2D eigenvalue weighted by Gasteiger charge is -2.15. The molecule has 0 spiro atoms. The largest absolute Gasteiger partial charge is 0.397 e. The Bertz CT molecular complexity index is 1690. The lowest BCUT2D eigenvalue weighted by atomic mass is 10.1. The summed E-state index contributed by atoms with van der Waals surface area (Å²) in [7, 11) is 0. The van der Waals surface area contributed by atoms with Crippen molar-refractivity contribution < 1.29 is 9.18 Å². The zero-order valence-corrected chi connectivity index (χ0v) is 22.8. The molecule has 0 bridgehead atoms. The first kappa shape index (κ1) is 26.7. The van der Waals surface area contributed by atoms with Crippen molar-refractivity contribution in [3.05, 3.63) is 93.8 Å². The fourth-order valence-electron chi connectivity index (χ4n) is 5.58. The van der Waals surface area contributed by atoms with Gasteiger partial charge in [0.15, 0.2) is 0 Å². The van der Waals surface area contributed by atoms with Gasteiger partial charge in [0.1, 0.15) is 11.6 Å². The van der Waals surface area contributed by atoms with Crippen molar-refractivity contribution in [1.29, 1.82) is 0 Å². The standard InChI is InChI=1S/C32H33FN6O2/c33-25-19-24-28(20-29(25)35-13-5-16-38-14-3-4-15-38)36-30-23(12-17-39(30)32(24)41)18-21-8-10-22(11-9-21)31(40)37-27-7-2-1-6-26(27)34/h1-2,6-11,18-20,35H,3-5,12-17,34H2,(H,37,40)/b23-18+. The van der Waals surface area contributed by atoms with E-state index in [0.29, 0.717) is 53.5 Å². The summed E-state index contributed by atoms with van der Waals surface area (Å²) in [6.45, 7) is 4.42. The van der Waals surface area contributed by atoms with E-state index in [2.05, 4.69) is 15.5 Å². The molecule has 9 heteroatoms. The number of hydrogen-bond donors (Lipinski definition) is 3. The Hall–Kier alpha value is -4.50. The van der Waals surface area contributed by atoms with Gasteiger partial charge in [-0.3, -0.25) is 14.2 Å². The predicted molar refractivity (Wildman–Crippen MR) is 162 cm³/mol. The Kier molecular flexibility index (Phi) is 7.52. The molecule has 0 saturated carbocycles. The predicted octanol–water partition coefficient (Wildman–Crippen LogP) is 5.21. The van der Waals surface area contributed by atoms with Crippen LogP contribution in [0, 0.1) is 5.82 Å². The number of halogens is 1. The van der Waals surface area contributed by atoms with E-state index < -0.39 is 5.82 Å². The zero-order chi connectivity index (χ0) is 28.3. The van der Waals surface area contributed by atoms with Crippen LogP contribution >= 0.6 is 0 Å². The van der Waals surface area contributed by atoms with Crippen LogP contribution in [-0.4, -0.2) is 46.5 Å². The third-order valence-electron chi connectivity index (χ3n) is 7.82. The van der Waals surface area contributed by atoms with Crippen molar-refractivity contribution in [3.8, 4) is 0 Å². The molecule has 1 aromatic heterocycles. The molecule has 1 amide bonds. The molecule has 0 radical (unpaired) electrons. The number of aromatic nitrogens is 2. The molecule has 8 nitrogen and oxygen atoms in total. The molecule has 210 valence electrons. The van der Waals surface area contributed by atoms with Gasteiger partial charge in [0.25, 0.3) is 11.5 Å². The number of anilines is 3. The van der Waals surface area contributed by atoms with Crippen molar-refractivity contribution in [1.82, 2.24) is 14.5 Å². The second-order valence-corrected chi connectivity index (χ2v) is 10.7. The third-order valence-corrected chi connectivity index (χ3v) is 7.82. The highest BCUT2D eigenvalue weighted by molar-refractivity contribution is 6.05. The fourth-order valence-corrected chi connectivity index (χ4v) is 5.58. The molecule has 1 saturated heterocycles. The van der Waals surface area contributed by atoms with E-state index >= 15 is 0 Å². The molecule has 3 aromatic carbocycles. The van der Waals surface area contributed by atoms with Crippen molar-refractivity contribution in [2.24, 2.45) is 0 Å². The van der Waals surface area contributed by atoms with Crippen LogP contribution in [0.25, 0.3) is 22.6 Å². The maximum Gasteiger partial charge on any atom is 0.261 e. The van der Waals surface area contributed by atoms with Gasteiger partial charge in [-0.25, -0.2) is 9.37 Å². The van der Waals surface area contributed by atoms with Crippen LogP contribution < -0.4 is 21.9 Å². The monoisotopic (exact) mass is 552 g/mol. The van der Waals surface area contributed by atoms with Gasteiger partial charge in [0.05, 0.1) is 28.0 Å². The topological polar surface area (TPSA) is 105 Å². The van der Waals surface area contributed by atoms with Crippen LogP contribution in [0.5, 0.6) is 0 Å². The molecule has 1 fully saturated rings. The zero-order valence-electron chi connectivity index (χ0n) is 22.8. The van der Waals surface area contributed by atoms with Gasteiger partial charge >= 0.3 is 0 Å². The second-order valence-electron chi connectivity index (χ2n) is 10.7. The van der Waals surface area contributed by atoms with Crippen molar-refractivity contribution >= 4 is 45.5 Å². The van der Waals surface area contributed by atoms with E-state index in [-0.39, 0.29) is 16.9 Å². The maximum atomic E-state index is 14.9. The van der Waals surface area contributed by atoms with Crippen LogP contribution in [0.15, 0.2) is 65.5 Å². The third kappa shape index (κ3) is 5.71. The number of amides is 1. The molecule has 2 aliphatic heterocycles. The molecule has 2 aliphatic rings. The smallest absolute Gasteiger partial charge is 0.261 e. The summed E-state index contributed by atoms with van der Waals surface area (Å²) < 4.78 is 16.5. The number of benzene rings is 3. The molecule has 41 heavy (non-hydrogen) atoms. The average Bonchev–Trinajstić information content (AvgIpc) is 3.64. The van der Waals surface area contributed by atoms with Gasteiger partial charge in [0.2, 0.25) is 0 Å². The van der Waals surface area contributed by atoms with Gasteiger partial charge in [0, 0.05) is 18.7 Å². The minimum absolute atomic E-state index is 0.236. The van der Waals surface area contributed by atoms with Crippen LogP contribution in [0.4, 0.5) is 21.5 Å². The lowest BCUT2D eigenvalue weighted by Crippen LogP contribution is -2.22. The number of likely N-dealkylation sites (tertiary alicyclic amines) is 1. The molecular formula is C32H33FN6O2. The lowest BCUT2D eigenvalue weighted by molar-refractivity contribution is 0.102. The van der Waals surface area contributed by atoms with E-state index in [1.165, 1.54) is 18.9 Å². The quantitative estimate of drug-likeness (QED) is 0.205. The Morgan fingerprint density at radius 1 is 1.02 bits per heavy atom. The molecule has 0 aliphatic carbocycles. The van der Waals surface area contributed by atoms with Crippen molar-refractivity contribution in [2.45, 2.75) is 32.2 Å². The molecule has 6 rings (SSSR count). The Balaban J connectivity index is 1.19. The van der Waals surface area contributed by atoms with Gasteiger partial charge in [-0.05, 0) is 98.9 Å². The maximum absolute atomic E-state index is 14.9. The number of allylic oxidation sites excluding steroid dienone is 1. The first-order valence-corrected chi connectivity index (χ1v) is 14.1. The minimum Gasteiger partial charge on any atom is -0.397 e. The molecule has 4 N–H and O–H groups in total. The summed E-state index contributed by atoms with van der Waals surface area (Å²) in [5.41, 5.74) is 9.92. The number of para-hydroxylation sites is 2. The summed E-state index contributed by atoms with van der Waals surface area (Å²) in [5.74, 6) is -0.0953. The minimum atomic E-state index is -0.439. The highest BCUT2D eigenvalue weighted by Crippen LogP contribution is 2.29. The van der Waals surface area contributed by atoms with E-state index in [1.807, 2.05) is 30.3 Å². The highest BCUT2D eigenvalue weighted by atomic mass is 19.1. The number of nitrogens with two attached hydrogens (primary N) is 1. The SMILES string of the molecule is Nc1ccccc1NC(=O)c1ccc(/C=C2\CCn3c2nc2cc(NCCCN4CCCC4)c(F)cc2c3=O)cc1. The number of nitrogens with one attached hydrogen (secondary N) is 2. The summed E-state index contributed by atoms with van der Waals surface area (Å²) in [6.07, 6.45) is 6.04. The number of carbonyl (C=O) groups excluding carboxylic acids is 1. The number of carbonyl (C=O) groups is 1. The van der Waals surface area contributed by atoms with Gasteiger partial charge < -0.3 is 21.3 Å². The normalized spacial score (nSPS) is 15.9. The summed E-state index contributed by atoms with van der Waals surface area (Å²) in [6, 6.07) is 17.3. The highest BCUT2D eigenvalue weighted by Gasteiger charge is 2.22. The van der Waals surface area contributed by atoms with Crippen LogP contribution in [-0.2, 0) is 6.54 Å². The number of fused-ring (bicyclic) bond motifs is 2. The molecule has 3 heterocycles. The number of rotatable bonds is 8. The molecule has 0 atom stereocenters. The van der Waals surface area contributed by atoms with Gasteiger partial charge in [-0.15, -0.1) is 0 Å². The van der Waals surface area contributed by atoms with Gasteiger partial charge in [-0.2, -0.15) is 0 Å². The first-order chi connectivity index (χ1) is 20.0.